The van der Waals surface area contributed by atoms with Crippen LogP contribution in [0.1, 0.15) is 29.5 Å². The number of hydrogen-bond donors (Lipinski definition) is 3. The third kappa shape index (κ3) is 5.15. The number of aromatic nitrogens is 3. The molecule has 25 heavy (non-hydrogen) atoms. The number of hydrogen-bond acceptors (Lipinski definition) is 7. The normalized spacial score (nSPS) is 13.2. The molecule has 0 spiro atoms. The molecule has 0 fully saturated rings. The average Bonchev–Trinajstić information content (AvgIpc) is 3.12. The van der Waals surface area contributed by atoms with Crippen molar-refractivity contribution in [2.75, 3.05) is 19.7 Å². The number of benzene rings is 1. The summed E-state index contributed by atoms with van der Waals surface area (Å²) in [4.78, 5) is 20.2. The summed E-state index contributed by atoms with van der Waals surface area (Å²) in [7, 11) is 0. The Labute approximate surface area is 162 Å². The Balaban J connectivity index is 0.00000225. The number of esters is 1. The maximum absolute atomic E-state index is 11.6. The molecule has 2 aromatic rings. The first-order valence-electron chi connectivity index (χ1n) is 7.97. The third-order valence-electron chi connectivity index (χ3n) is 3.50. The van der Waals surface area contributed by atoms with Crippen molar-refractivity contribution in [3.63, 3.8) is 0 Å². The summed E-state index contributed by atoms with van der Waals surface area (Å²) < 4.78 is 4.90. The first kappa shape index (κ1) is 19.2. The van der Waals surface area contributed by atoms with Crippen molar-refractivity contribution in [2.45, 2.75) is 19.9 Å². The van der Waals surface area contributed by atoms with Gasteiger partial charge in [-0.2, -0.15) is 5.10 Å². The number of rotatable bonds is 5. The zero-order valence-electron chi connectivity index (χ0n) is 13.9. The molecule has 3 N–H and O–H groups in total. The fraction of sp³-hybridized carbons (Fsp3) is 0.375. The molecule has 1 aromatic heterocycles. The minimum Gasteiger partial charge on any atom is -0.460 e. The van der Waals surface area contributed by atoms with E-state index in [2.05, 4.69) is 30.8 Å². The molecule has 0 bridgehead atoms. The minimum atomic E-state index is -0.504. The lowest BCUT2D eigenvalue weighted by atomic mass is 10.1. The van der Waals surface area contributed by atoms with E-state index in [1.807, 2.05) is 24.3 Å². The molecule has 8 nitrogen and oxygen atoms in total. The maximum Gasteiger partial charge on any atom is 0.375 e. The van der Waals surface area contributed by atoms with E-state index < -0.39 is 5.97 Å². The van der Waals surface area contributed by atoms with Crippen LogP contribution in [0.5, 0.6) is 0 Å². The molecule has 0 unspecified atom stereocenters. The molecule has 0 aliphatic carbocycles. The molecule has 1 aliphatic heterocycles. The standard InChI is InChI=1S/C16H20N6O2.HI/c1-2-24-15(23)14-20-13(21-22-14)12-6-3-5-11(9-12)10-19-16-17-7-4-8-18-16;/h3,5-6,9H,2,4,7-8,10H2,1H3,(H2,17,18,19)(H,20,21,22);1H. The quantitative estimate of drug-likeness (QED) is 0.468. The van der Waals surface area contributed by atoms with Gasteiger partial charge in [-0.3, -0.25) is 10.1 Å². The molecule has 0 atom stereocenters. The second-order valence-electron chi connectivity index (χ2n) is 5.29. The van der Waals surface area contributed by atoms with Crippen LogP contribution in [0.15, 0.2) is 29.3 Å². The van der Waals surface area contributed by atoms with Gasteiger partial charge < -0.3 is 15.4 Å². The topological polar surface area (TPSA) is 104 Å². The summed E-state index contributed by atoms with van der Waals surface area (Å²) in [5, 5.41) is 13.2. The van der Waals surface area contributed by atoms with Crippen molar-refractivity contribution in [3.8, 4) is 11.4 Å². The molecule has 2 heterocycles. The molecule has 9 heteroatoms. The number of H-pyrrole nitrogens is 1. The highest BCUT2D eigenvalue weighted by molar-refractivity contribution is 14.0. The van der Waals surface area contributed by atoms with E-state index >= 15 is 0 Å². The predicted octanol–water partition coefficient (Wildman–Crippen LogP) is 1.71. The van der Waals surface area contributed by atoms with Crippen LogP contribution in [-0.2, 0) is 11.3 Å². The van der Waals surface area contributed by atoms with Crippen molar-refractivity contribution < 1.29 is 9.53 Å². The van der Waals surface area contributed by atoms with Gasteiger partial charge in [-0.25, -0.2) is 9.78 Å². The second kappa shape index (κ2) is 9.35. The highest BCUT2D eigenvalue weighted by Gasteiger charge is 2.14. The van der Waals surface area contributed by atoms with Crippen LogP contribution in [0.4, 0.5) is 0 Å². The number of halogens is 1. The lowest BCUT2D eigenvalue weighted by Crippen LogP contribution is -2.40. The van der Waals surface area contributed by atoms with Crippen molar-refractivity contribution in [1.29, 1.82) is 0 Å². The largest absolute Gasteiger partial charge is 0.460 e. The van der Waals surface area contributed by atoms with Gasteiger partial charge in [0.1, 0.15) is 0 Å². The molecular weight excluding hydrogens is 435 g/mol. The fourth-order valence-corrected chi connectivity index (χ4v) is 2.34. The SMILES string of the molecule is CCOC(=O)c1nc(-c2cccc(CNC3=NCCCN3)c2)n[nH]1.I. The van der Waals surface area contributed by atoms with Gasteiger partial charge in [-0.15, -0.1) is 24.0 Å². The van der Waals surface area contributed by atoms with E-state index in [0.29, 0.717) is 19.0 Å². The molecule has 1 aliphatic rings. The average molecular weight is 456 g/mol. The monoisotopic (exact) mass is 456 g/mol. The zero-order chi connectivity index (χ0) is 16.8. The summed E-state index contributed by atoms with van der Waals surface area (Å²) in [6.45, 7) is 4.49. The van der Waals surface area contributed by atoms with Crippen molar-refractivity contribution in [2.24, 2.45) is 4.99 Å². The van der Waals surface area contributed by atoms with Crippen molar-refractivity contribution in [1.82, 2.24) is 25.8 Å². The lowest BCUT2D eigenvalue weighted by molar-refractivity contribution is 0.0512. The number of nitrogens with zero attached hydrogens (tertiary/aromatic N) is 3. The van der Waals surface area contributed by atoms with Gasteiger partial charge in [-0.1, -0.05) is 18.2 Å². The van der Waals surface area contributed by atoms with Crippen LogP contribution in [0.3, 0.4) is 0 Å². The predicted molar refractivity (Wildman–Crippen MR) is 105 cm³/mol. The number of aliphatic imine (C=N–C) groups is 1. The molecular formula is C16H21IN6O2. The van der Waals surface area contributed by atoms with E-state index in [-0.39, 0.29) is 29.8 Å². The van der Waals surface area contributed by atoms with Gasteiger partial charge in [0.2, 0.25) is 5.82 Å². The van der Waals surface area contributed by atoms with Crippen LogP contribution in [0, 0.1) is 0 Å². The Morgan fingerprint density at radius 2 is 2.28 bits per heavy atom. The summed E-state index contributed by atoms with van der Waals surface area (Å²) in [6, 6.07) is 7.83. The van der Waals surface area contributed by atoms with Crippen molar-refractivity contribution in [3.05, 3.63) is 35.7 Å². The number of nitrogens with one attached hydrogen (secondary N) is 3. The van der Waals surface area contributed by atoms with E-state index in [1.165, 1.54) is 0 Å². The first-order valence-corrected chi connectivity index (χ1v) is 7.97. The van der Waals surface area contributed by atoms with Gasteiger partial charge >= 0.3 is 5.97 Å². The summed E-state index contributed by atoms with van der Waals surface area (Å²) in [5.74, 6) is 0.897. The molecule has 0 saturated carbocycles. The van der Waals surface area contributed by atoms with Gasteiger partial charge in [0.05, 0.1) is 6.61 Å². The zero-order valence-corrected chi connectivity index (χ0v) is 16.2. The Hall–Kier alpha value is -2.17. The van der Waals surface area contributed by atoms with E-state index in [9.17, 15) is 4.79 Å². The Bertz CT molecular complexity index is 746. The minimum absolute atomic E-state index is 0. The second-order valence-corrected chi connectivity index (χ2v) is 5.29. The number of aromatic amines is 1. The fourth-order valence-electron chi connectivity index (χ4n) is 2.34. The van der Waals surface area contributed by atoms with Crippen LogP contribution in [-0.4, -0.2) is 46.8 Å². The highest BCUT2D eigenvalue weighted by atomic mass is 127. The van der Waals surface area contributed by atoms with Gasteiger partial charge in [-0.05, 0) is 25.0 Å². The van der Waals surface area contributed by atoms with E-state index in [1.54, 1.807) is 6.92 Å². The smallest absolute Gasteiger partial charge is 0.375 e. The Morgan fingerprint density at radius 3 is 3.04 bits per heavy atom. The van der Waals surface area contributed by atoms with Crippen LogP contribution in [0.2, 0.25) is 0 Å². The van der Waals surface area contributed by atoms with Crippen LogP contribution >= 0.6 is 24.0 Å². The molecule has 1 aromatic carbocycles. The van der Waals surface area contributed by atoms with E-state index in [4.69, 9.17) is 4.74 Å². The maximum atomic E-state index is 11.6. The molecule has 0 saturated heterocycles. The van der Waals surface area contributed by atoms with E-state index in [0.717, 1.165) is 36.6 Å². The van der Waals surface area contributed by atoms with Crippen molar-refractivity contribution >= 4 is 35.9 Å². The summed E-state index contributed by atoms with van der Waals surface area (Å²) >= 11 is 0. The Morgan fingerprint density at radius 1 is 1.40 bits per heavy atom. The highest BCUT2D eigenvalue weighted by Crippen LogP contribution is 2.16. The lowest BCUT2D eigenvalue weighted by Gasteiger charge is -2.16. The first-order chi connectivity index (χ1) is 11.8. The van der Waals surface area contributed by atoms with Gasteiger partial charge in [0, 0.05) is 25.2 Å². The number of guanidine groups is 1. The van der Waals surface area contributed by atoms with Crippen LogP contribution < -0.4 is 10.6 Å². The summed E-state index contributed by atoms with van der Waals surface area (Å²) in [5.41, 5.74) is 1.91. The molecule has 0 amide bonds. The molecule has 134 valence electrons. The Kier molecular flexibility index (Phi) is 7.16. The molecule has 3 rings (SSSR count). The third-order valence-corrected chi connectivity index (χ3v) is 3.50. The summed E-state index contributed by atoms with van der Waals surface area (Å²) in [6.07, 6.45) is 1.06. The molecule has 0 radical (unpaired) electrons. The number of ether oxygens (including phenoxy) is 1. The number of carbonyl (C=O) groups excluding carboxylic acids is 1. The number of carbonyl (C=O) groups is 1. The van der Waals surface area contributed by atoms with Gasteiger partial charge in [0.15, 0.2) is 11.8 Å². The van der Waals surface area contributed by atoms with Crippen LogP contribution in [0.25, 0.3) is 11.4 Å². The van der Waals surface area contributed by atoms with Gasteiger partial charge in [0.25, 0.3) is 0 Å².